The first kappa shape index (κ1) is 12.4. The van der Waals surface area contributed by atoms with Gasteiger partial charge in [0.25, 0.3) is 0 Å². The highest BCUT2D eigenvalue weighted by atomic mass is 16.3. The normalized spacial score (nSPS) is 29.1. The van der Waals surface area contributed by atoms with Crippen LogP contribution in [0.15, 0.2) is 24.3 Å². The monoisotopic (exact) mass is 270 g/mol. The number of piperidine rings is 1. The molecule has 1 aliphatic heterocycles. The Bertz CT molecular complexity index is 629. The summed E-state index contributed by atoms with van der Waals surface area (Å²) < 4.78 is 0. The number of aromatic nitrogens is 1. The van der Waals surface area contributed by atoms with Gasteiger partial charge in [-0.1, -0.05) is 18.2 Å². The molecule has 0 saturated carbocycles. The third-order valence-corrected chi connectivity index (χ3v) is 5.41. The van der Waals surface area contributed by atoms with E-state index in [9.17, 15) is 5.11 Å². The fraction of sp³-hybridized carbons (Fsp3) is 0.529. The zero-order chi connectivity index (χ0) is 13.6. The van der Waals surface area contributed by atoms with Crippen LogP contribution in [0.2, 0.25) is 0 Å². The lowest BCUT2D eigenvalue weighted by Gasteiger charge is -2.48. The second kappa shape index (κ2) is 4.61. The first-order valence-electron chi connectivity index (χ1n) is 7.78. The van der Waals surface area contributed by atoms with Crippen LogP contribution >= 0.6 is 0 Å². The molecule has 2 aliphatic rings. The van der Waals surface area contributed by atoms with Crippen molar-refractivity contribution in [3.8, 4) is 0 Å². The summed E-state index contributed by atoms with van der Waals surface area (Å²) in [6, 6.07) is 9.03. The van der Waals surface area contributed by atoms with E-state index >= 15 is 0 Å². The van der Waals surface area contributed by atoms with Crippen LogP contribution in [0, 0.1) is 5.41 Å². The quantitative estimate of drug-likeness (QED) is 0.786. The SMILES string of the molecule is OCC[C@]12CCCN[C@H]1c1c([nH]c3ccccc13)CC2. The van der Waals surface area contributed by atoms with E-state index in [1.807, 2.05) is 0 Å². The Morgan fingerprint density at radius 2 is 2.15 bits per heavy atom. The minimum Gasteiger partial charge on any atom is -0.396 e. The summed E-state index contributed by atoms with van der Waals surface area (Å²) >= 11 is 0. The molecule has 1 aromatic heterocycles. The molecule has 0 spiro atoms. The molecule has 106 valence electrons. The fourth-order valence-electron chi connectivity index (χ4n) is 4.46. The zero-order valence-corrected chi connectivity index (χ0v) is 11.8. The highest BCUT2D eigenvalue weighted by molar-refractivity contribution is 5.85. The van der Waals surface area contributed by atoms with Gasteiger partial charge in [-0.2, -0.15) is 0 Å². The van der Waals surface area contributed by atoms with E-state index in [1.165, 1.54) is 41.4 Å². The van der Waals surface area contributed by atoms with E-state index < -0.39 is 0 Å². The molecule has 2 atom stereocenters. The van der Waals surface area contributed by atoms with Crippen LogP contribution < -0.4 is 5.32 Å². The van der Waals surface area contributed by atoms with Gasteiger partial charge in [0.1, 0.15) is 0 Å². The molecule has 0 unspecified atom stereocenters. The van der Waals surface area contributed by atoms with Crippen molar-refractivity contribution in [2.45, 2.75) is 38.1 Å². The second-order valence-corrected chi connectivity index (χ2v) is 6.39. The summed E-state index contributed by atoms with van der Waals surface area (Å²) in [6.07, 6.45) is 5.69. The molecule has 1 fully saturated rings. The average Bonchev–Trinajstić information content (AvgIpc) is 2.86. The summed E-state index contributed by atoms with van der Waals surface area (Å²) in [5.74, 6) is 0. The molecule has 2 heterocycles. The number of hydrogen-bond donors (Lipinski definition) is 3. The van der Waals surface area contributed by atoms with E-state index in [0.717, 1.165) is 19.4 Å². The number of hydrogen-bond acceptors (Lipinski definition) is 2. The zero-order valence-electron chi connectivity index (χ0n) is 11.8. The molecule has 3 N–H and O–H groups in total. The van der Waals surface area contributed by atoms with Crippen molar-refractivity contribution in [1.82, 2.24) is 10.3 Å². The minimum atomic E-state index is 0.255. The number of para-hydroxylation sites is 1. The number of aryl methyl sites for hydroxylation is 1. The third kappa shape index (κ3) is 1.66. The van der Waals surface area contributed by atoms with Crippen LogP contribution in [-0.4, -0.2) is 23.2 Å². The molecular weight excluding hydrogens is 248 g/mol. The van der Waals surface area contributed by atoms with Crippen LogP contribution in [0.25, 0.3) is 10.9 Å². The van der Waals surface area contributed by atoms with Crippen LogP contribution in [0.1, 0.15) is 43.0 Å². The number of H-pyrrole nitrogens is 1. The van der Waals surface area contributed by atoms with Crippen molar-refractivity contribution < 1.29 is 5.11 Å². The average molecular weight is 270 g/mol. The highest BCUT2D eigenvalue weighted by Gasteiger charge is 2.45. The Labute approximate surface area is 119 Å². The number of benzene rings is 1. The molecule has 4 rings (SSSR count). The van der Waals surface area contributed by atoms with E-state index in [-0.39, 0.29) is 5.41 Å². The van der Waals surface area contributed by atoms with Gasteiger partial charge in [-0.05, 0) is 55.7 Å². The van der Waals surface area contributed by atoms with E-state index in [0.29, 0.717) is 12.6 Å². The van der Waals surface area contributed by atoms with Gasteiger partial charge in [0, 0.05) is 29.2 Å². The fourth-order valence-corrected chi connectivity index (χ4v) is 4.46. The maximum Gasteiger partial charge on any atom is 0.0459 e. The van der Waals surface area contributed by atoms with Gasteiger partial charge in [-0.15, -0.1) is 0 Å². The Kier molecular flexibility index (Phi) is 2.86. The standard InChI is InChI=1S/C17H22N2O/c20-11-9-17-7-3-10-18-16(17)15-12-4-1-2-5-13(12)19-14(15)6-8-17/h1-2,4-5,16,18-20H,3,6-11H2/t16-,17+/m0/s1. The summed E-state index contributed by atoms with van der Waals surface area (Å²) in [5, 5.41) is 14.6. The highest BCUT2D eigenvalue weighted by Crippen LogP contribution is 2.52. The van der Waals surface area contributed by atoms with Gasteiger partial charge in [-0.3, -0.25) is 0 Å². The number of aromatic amines is 1. The van der Waals surface area contributed by atoms with E-state index in [4.69, 9.17) is 0 Å². The Balaban J connectivity index is 1.88. The lowest BCUT2D eigenvalue weighted by Crippen LogP contribution is -2.46. The number of nitrogens with one attached hydrogen (secondary N) is 2. The van der Waals surface area contributed by atoms with Gasteiger partial charge in [-0.25, -0.2) is 0 Å². The number of fused-ring (bicyclic) bond motifs is 5. The maximum atomic E-state index is 9.53. The molecule has 0 radical (unpaired) electrons. The van der Waals surface area contributed by atoms with Crippen molar-refractivity contribution in [3.05, 3.63) is 35.5 Å². The molecule has 1 aliphatic carbocycles. The molecule has 3 heteroatoms. The molecule has 1 aromatic carbocycles. The molecule has 3 nitrogen and oxygen atoms in total. The second-order valence-electron chi connectivity index (χ2n) is 6.39. The first-order chi connectivity index (χ1) is 9.84. The summed E-state index contributed by atoms with van der Waals surface area (Å²) in [5.41, 5.74) is 4.38. The minimum absolute atomic E-state index is 0.255. The number of aliphatic hydroxyl groups is 1. The molecular formula is C17H22N2O. The Hall–Kier alpha value is -1.32. The van der Waals surface area contributed by atoms with Gasteiger partial charge < -0.3 is 15.4 Å². The third-order valence-electron chi connectivity index (χ3n) is 5.41. The topological polar surface area (TPSA) is 48.0 Å². The predicted molar refractivity (Wildman–Crippen MR) is 80.7 cm³/mol. The molecule has 2 aromatic rings. The van der Waals surface area contributed by atoms with Gasteiger partial charge in [0.05, 0.1) is 0 Å². The Morgan fingerprint density at radius 3 is 3.05 bits per heavy atom. The number of aliphatic hydroxyl groups excluding tert-OH is 1. The molecule has 1 saturated heterocycles. The first-order valence-corrected chi connectivity index (χ1v) is 7.78. The molecule has 20 heavy (non-hydrogen) atoms. The summed E-state index contributed by atoms with van der Waals surface area (Å²) in [4.78, 5) is 3.61. The molecule has 0 bridgehead atoms. The van der Waals surface area contributed by atoms with Crippen LogP contribution in [0.4, 0.5) is 0 Å². The maximum absolute atomic E-state index is 9.53. The van der Waals surface area contributed by atoms with Crippen molar-refractivity contribution in [2.75, 3.05) is 13.2 Å². The van der Waals surface area contributed by atoms with Crippen LogP contribution in [0.3, 0.4) is 0 Å². The van der Waals surface area contributed by atoms with Crippen molar-refractivity contribution in [2.24, 2.45) is 5.41 Å². The number of rotatable bonds is 2. The smallest absolute Gasteiger partial charge is 0.0459 e. The van der Waals surface area contributed by atoms with Gasteiger partial charge in [0.2, 0.25) is 0 Å². The lowest BCUT2D eigenvalue weighted by molar-refractivity contribution is 0.0726. The summed E-state index contributed by atoms with van der Waals surface area (Å²) in [6.45, 7) is 1.40. The Morgan fingerprint density at radius 1 is 1.25 bits per heavy atom. The van der Waals surface area contributed by atoms with Crippen molar-refractivity contribution >= 4 is 10.9 Å². The van der Waals surface area contributed by atoms with Gasteiger partial charge >= 0.3 is 0 Å². The van der Waals surface area contributed by atoms with Crippen molar-refractivity contribution in [3.63, 3.8) is 0 Å². The predicted octanol–water partition coefficient (Wildman–Crippen LogP) is 2.91. The van der Waals surface area contributed by atoms with Crippen molar-refractivity contribution in [1.29, 1.82) is 0 Å². The lowest BCUT2D eigenvalue weighted by atomic mass is 9.63. The van der Waals surface area contributed by atoms with Crippen LogP contribution in [-0.2, 0) is 6.42 Å². The van der Waals surface area contributed by atoms with Crippen LogP contribution in [0.5, 0.6) is 0 Å². The van der Waals surface area contributed by atoms with E-state index in [2.05, 4.69) is 34.6 Å². The van der Waals surface area contributed by atoms with E-state index in [1.54, 1.807) is 0 Å². The largest absolute Gasteiger partial charge is 0.396 e. The van der Waals surface area contributed by atoms with Gasteiger partial charge in [0.15, 0.2) is 0 Å². The molecule has 0 amide bonds. The summed E-state index contributed by atoms with van der Waals surface area (Å²) in [7, 11) is 0.